The van der Waals surface area contributed by atoms with E-state index in [0.29, 0.717) is 6.20 Å². The topological polar surface area (TPSA) is 63.0 Å². The Morgan fingerprint density at radius 1 is 1.62 bits per heavy atom. The first-order valence-corrected chi connectivity index (χ1v) is 3.97. The highest BCUT2D eigenvalue weighted by Gasteiger charge is 2.27. The van der Waals surface area contributed by atoms with Crippen LogP contribution in [0.3, 0.4) is 0 Å². The summed E-state index contributed by atoms with van der Waals surface area (Å²) < 4.78 is 42.5. The summed E-state index contributed by atoms with van der Waals surface area (Å²) in [5.74, 6) is -2.63. The van der Waals surface area contributed by atoms with Crippen LogP contribution in [0.2, 0.25) is 0 Å². The first-order chi connectivity index (χ1) is 7.52. The largest absolute Gasteiger partial charge is 0.464 e. The molecule has 0 aliphatic rings. The number of rotatable bonds is 2. The Kier molecular flexibility index (Phi) is 3.45. The maximum Gasteiger partial charge on any atom is 0.357 e. The van der Waals surface area contributed by atoms with Crippen LogP contribution in [0.1, 0.15) is 28.0 Å². The van der Waals surface area contributed by atoms with Crippen molar-refractivity contribution in [3.05, 3.63) is 28.8 Å². The number of hydrogen-bond donors (Lipinski definition) is 0. The summed E-state index contributed by atoms with van der Waals surface area (Å²) in [6.45, 7) is 0. The summed E-state index contributed by atoms with van der Waals surface area (Å²) in [6.07, 6.45) is -2.55. The number of nitriles is 1. The second-order valence-electron chi connectivity index (χ2n) is 2.65. The van der Waals surface area contributed by atoms with Crippen molar-refractivity contribution in [3.8, 4) is 6.07 Å². The molecule has 0 atom stereocenters. The SMILES string of the molecule is COC(=O)c1ncc(C#N)c(F)c1C(F)F. The first kappa shape index (κ1) is 12.0. The van der Waals surface area contributed by atoms with Crippen molar-refractivity contribution < 1.29 is 22.7 Å². The molecule has 84 valence electrons. The third-order valence-corrected chi connectivity index (χ3v) is 1.77. The fraction of sp³-hybridized carbons (Fsp3) is 0.222. The Morgan fingerprint density at radius 2 is 2.25 bits per heavy atom. The van der Waals surface area contributed by atoms with Crippen molar-refractivity contribution in [1.82, 2.24) is 4.98 Å². The molecule has 0 saturated heterocycles. The molecule has 0 amide bonds. The molecule has 0 aliphatic carbocycles. The molecular formula is C9H5F3N2O2. The van der Waals surface area contributed by atoms with E-state index in [4.69, 9.17) is 5.26 Å². The lowest BCUT2D eigenvalue weighted by atomic mass is 10.1. The number of pyridine rings is 1. The van der Waals surface area contributed by atoms with Crippen molar-refractivity contribution in [2.75, 3.05) is 7.11 Å². The molecule has 1 heterocycles. The number of aromatic nitrogens is 1. The highest BCUT2D eigenvalue weighted by molar-refractivity contribution is 5.89. The number of carbonyl (C=O) groups excluding carboxylic acids is 1. The third-order valence-electron chi connectivity index (χ3n) is 1.77. The van der Waals surface area contributed by atoms with E-state index >= 15 is 0 Å². The maximum absolute atomic E-state index is 13.3. The van der Waals surface area contributed by atoms with Crippen molar-refractivity contribution in [3.63, 3.8) is 0 Å². The molecule has 0 N–H and O–H groups in total. The van der Waals surface area contributed by atoms with E-state index in [-0.39, 0.29) is 0 Å². The lowest BCUT2D eigenvalue weighted by Gasteiger charge is -2.07. The molecule has 0 aromatic carbocycles. The smallest absolute Gasteiger partial charge is 0.357 e. The van der Waals surface area contributed by atoms with Gasteiger partial charge in [0.2, 0.25) is 0 Å². The molecular weight excluding hydrogens is 225 g/mol. The van der Waals surface area contributed by atoms with Gasteiger partial charge in [-0.1, -0.05) is 0 Å². The molecule has 0 aliphatic heterocycles. The van der Waals surface area contributed by atoms with Crippen LogP contribution in [-0.4, -0.2) is 18.1 Å². The zero-order chi connectivity index (χ0) is 12.3. The molecule has 1 rings (SSSR count). The van der Waals surface area contributed by atoms with Crippen LogP contribution in [0.5, 0.6) is 0 Å². The highest BCUT2D eigenvalue weighted by Crippen LogP contribution is 2.26. The third kappa shape index (κ3) is 1.95. The van der Waals surface area contributed by atoms with Crippen LogP contribution in [0.4, 0.5) is 13.2 Å². The Bertz CT molecular complexity index is 469. The lowest BCUT2D eigenvalue weighted by molar-refractivity contribution is 0.0579. The fourth-order valence-electron chi connectivity index (χ4n) is 1.04. The highest BCUT2D eigenvalue weighted by atomic mass is 19.3. The van der Waals surface area contributed by atoms with Gasteiger partial charge in [0.05, 0.1) is 12.7 Å². The van der Waals surface area contributed by atoms with Gasteiger partial charge in [-0.3, -0.25) is 0 Å². The van der Waals surface area contributed by atoms with Gasteiger partial charge in [0.25, 0.3) is 6.43 Å². The summed E-state index contributed by atoms with van der Waals surface area (Å²) in [6, 6.07) is 1.35. The minimum atomic E-state index is -3.25. The minimum Gasteiger partial charge on any atom is -0.464 e. The second-order valence-corrected chi connectivity index (χ2v) is 2.65. The standard InChI is InChI=1S/C9H5F3N2O2/c1-16-9(15)7-5(8(11)12)6(10)4(2-13)3-14-7/h3,8H,1H3. The molecule has 16 heavy (non-hydrogen) atoms. The van der Waals surface area contributed by atoms with Gasteiger partial charge in [-0.05, 0) is 0 Å². The van der Waals surface area contributed by atoms with E-state index in [0.717, 1.165) is 7.11 Å². The van der Waals surface area contributed by atoms with Gasteiger partial charge in [-0.25, -0.2) is 22.9 Å². The molecule has 0 bridgehead atoms. The predicted octanol–water partition coefficient (Wildman–Crippen LogP) is 1.82. The quantitative estimate of drug-likeness (QED) is 0.727. The molecule has 0 saturated carbocycles. The Balaban J connectivity index is 3.48. The van der Waals surface area contributed by atoms with Gasteiger partial charge in [-0.2, -0.15) is 5.26 Å². The van der Waals surface area contributed by atoms with Gasteiger partial charge in [-0.15, -0.1) is 0 Å². The van der Waals surface area contributed by atoms with Crippen LogP contribution in [0, 0.1) is 17.1 Å². The number of carbonyl (C=O) groups is 1. The molecule has 7 heteroatoms. The summed E-state index contributed by atoms with van der Waals surface area (Å²) in [7, 11) is 0.954. The van der Waals surface area contributed by atoms with Crippen molar-refractivity contribution >= 4 is 5.97 Å². The lowest BCUT2D eigenvalue weighted by Crippen LogP contribution is -2.12. The molecule has 0 radical (unpaired) electrons. The van der Waals surface area contributed by atoms with Crippen LogP contribution < -0.4 is 0 Å². The summed E-state index contributed by atoms with van der Waals surface area (Å²) in [5.41, 5.74) is -2.69. The predicted molar refractivity (Wildman–Crippen MR) is 45.2 cm³/mol. The van der Waals surface area contributed by atoms with Crippen molar-refractivity contribution in [2.45, 2.75) is 6.43 Å². The Hall–Kier alpha value is -2.10. The van der Waals surface area contributed by atoms with Crippen LogP contribution in [0.15, 0.2) is 6.20 Å². The molecule has 1 aromatic heterocycles. The molecule has 1 aromatic rings. The number of halogens is 3. The van der Waals surface area contributed by atoms with E-state index in [2.05, 4.69) is 9.72 Å². The maximum atomic E-state index is 13.3. The number of ether oxygens (including phenoxy) is 1. The number of alkyl halides is 2. The molecule has 0 unspecified atom stereocenters. The van der Waals surface area contributed by atoms with Gasteiger partial charge < -0.3 is 4.74 Å². The number of methoxy groups -OCH3 is 1. The minimum absolute atomic E-state index is 0.650. The Morgan fingerprint density at radius 3 is 2.69 bits per heavy atom. The molecule has 4 nitrogen and oxygen atoms in total. The summed E-state index contributed by atoms with van der Waals surface area (Å²) in [4.78, 5) is 14.3. The van der Waals surface area contributed by atoms with E-state index in [1.165, 1.54) is 6.07 Å². The number of hydrogen-bond acceptors (Lipinski definition) is 4. The van der Waals surface area contributed by atoms with E-state index in [1.807, 2.05) is 0 Å². The van der Waals surface area contributed by atoms with Crippen molar-refractivity contribution in [2.24, 2.45) is 0 Å². The monoisotopic (exact) mass is 230 g/mol. The molecule has 0 spiro atoms. The summed E-state index contributed by atoms with van der Waals surface area (Å²) >= 11 is 0. The number of nitrogens with zero attached hydrogens (tertiary/aromatic N) is 2. The van der Waals surface area contributed by atoms with Crippen LogP contribution in [-0.2, 0) is 4.74 Å². The normalized spacial score (nSPS) is 10.0. The van der Waals surface area contributed by atoms with Gasteiger partial charge in [0.15, 0.2) is 11.5 Å². The van der Waals surface area contributed by atoms with Crippen LogP contribution >= 0.6 is 0 Å². The van der Waals surface area contributed by atoms with E-state index in [9.17, 15) is 18.0 Å². The summed E-state index contributed by atoms with van der Waals surface area (Å²) in [5, 5.41) is 8.42. The second kappa shape index (κ2) is 4.61. The zero-order valence-electron chi connectivity index (χ0n) is 8.00. The van der Waals surface area contributed by atoms with E-state index < -0.39 is 35.0 Å². The van der Waals surface area contributed by atoms with Crippen molar-refractivity contribution in [1.29, 1.82) is 5.26 Å². The molecule has 0 fully saturated rings. The van der Waals surface area contributed by atoms with E-state index in [1.54, 1.807) is 0 Å². The fourth-order valence-corrected chi connectivity index (χ4v) is 1.04. The van der Waals surface area contributed by atoms with Gasteiger partial charge in [0, 0.05) is 6.20 Å². The average molecular weight is 230 g/mol. The first-order valence-electron chi connectivity index (χ1n) is 3.97. The van der Waals surface area contributed by atoms with Gasteiger partial charge >= 0.3 is 5.97 Å². The average Bonchev–Trinajstić information content (AvgIpc) is 2.26. The van der Waals surface area contributed by atoms with Crippen LogP contribution in [0.25, 0.3) is 0 Å². The zero-order valence-corrected chi connectivity index (χ0v) is 8.00. The Labute approximate surface area is 88.3 Å². The number of esters is 1. The van der Waals surface area contributed by atoms with Gasteiger partial charge in [0.1, 0.15) is 11.6 Å².